The second-order valence-electron chi connectivity index (χ2n) is 2.22. The van der Waals surface area contributed by atoms with E-state index in [9.17, 15) is 9.18 Å². The first-order valence-electron chi connectivity index (χ1n) is 3.38. The average molecular weight is 202 g/mol. The molecule has 0 aliphatic rings. The second-order valence-corrected chi connectivity index (χ2v) is 2.88. The molecule has 0 amide bonds. The molecule has 3 nitrogen and oxygen atoms in total. The Morgan fingerprint density at radius 3 is 2.77 bits per heavy atom. The summed E-state index contributed by atoms with van der Waals surface area (Å²) in [7, 11) is 1.18. The zero-order valence-corrected chi connectivity index (χ0v) is 7.60. The standard InChI is InChI=1S/C8H7FO3S/c1-12-8(10)6-3-2-5(13-11)4-7(6)9/h2-4,11H,1H3. The molecule has 5 heteroatoms. The number of hydrogen-bond acceptors (Lipinski definition) is 4. The van der Waals surface area contributed by atoms with Crippen LogP contribution in [-0.2, 0) is 4.74 Å². The molecule has 0 saturated carbocycles. The summed E-state index contributed by atoms with van der Waals surface area (Å²) < 4.78 is 26.0. The van der Waals surface area contributed by atoms with Gasteiger partial charge in [-0.15, -0.1) is 0 Å². The Kier molecular flexibility index (Phi) is 3.27. The Morgan fingerprint density at radius 2 is 2.31 bits per heavy atom. The van der Waals surface area contributed by atoms with E-state index in [-0.39, 0.29) is 5.56 Å². The Hall–Kier alpha value is -1.07. The summed E-state index contributed by atoms with van der Waals surface area (Å²) in [6, 6.07) is 3.76. The summed E-state index contributed by atoms with van der Waals surface area (Å²) in [5.41, 5.74) is -0.139. The molecule has 0 radical (unpaired) electrons. The predicted molar refractivity (Wildman–Crippen MR) is 46.2 cm³/mol. The number of methoxy groups -OCH3 is 1. The van der Waals surface area contributed by atoms with Gasteiger partial charge in [0.15, 0.2) is 0 Å². The summed E-state index contributed by atoms with van der Waals surface area (Å²) in [6.07, 6.45) is 0. The summed E-state index contributed by atoms with van der Waals surface area (Å²) in [5.74, 6) is -1.43. The van der Waals surface area contributed by atoms with Gasteiger partial charge in [0.2, 0.25) is 0 Å². The summed E-state index contributed by atoms with van der Waals surface area (Å²) in [6.45, 7) is 0. The van der Waals surface area contributed by atoms with Crippen molar-refractivity contribution in [2.75, 3.05) is 7.11 Å². The van der Waals surface area contributed by atoms with Gasteiger partial charge < -0.3 is 9.29 Å². The van der Waals surface area contributed by atoms with Gasteiger partial charge in [-0.3, -0.25) is 0 Å². The van der Waals surface area contributed by atoms with Gasteiger partial charge in [-0.1, -0.05) is 0 Å². The van der Waals surface area contributed by atoms with E-state index < -0.39 is 11.8 Å². The summed E-state index contributed by atoms with van der Waals surface area (Å²) >= 11 is 0.419. The van der Waals surface area contributed by atoms with Crippen molar-refractivity contribution in [1.82, 2.24) is 0 Å². The van der Waals surface area contributed by atoms with Crippen LogP contribution in [0.5, 0.6) is 0 Å². The smallest absolute Gasteiger partial charge is 0.340 e. The monoisotopic (exact) mass is 202 g/mol. The largest absolute Gasteiger partial charge is 0.465 e. The molecule has 0 heterocycles. The molecule has 0 atom stereocenters. The van der Waals surface area contributed by atoms with Crippen LogP contribution in [0, 0.1) is 5.82 Å². The first-order chi connectivity index (χ1) is 6.19. The lowest BCUT2D eigenvalue weighted by Gasteiger charge is -2.01. The highest BCUT2D eigenvalue weighted by molar-refractivity contribution is 7.93. The van der Waals surface area contributed by atoms with E-state index in [4.69, 9.17) is 4.55 Å². The van der Waals surface area contributed by atoms with Crippen LogP contribution in [0.2, 0.25) is 0 Å². The minimum atomic E-state index is -0.730. The van der Waals surface area contributed by atoms with E-state index in [1.54, 1.807) is 0 Å². The fraction of sp³-hybridized carbons (Fsp3) is 0.125. The van der Waals surface area contributed by atoms with Crippen LogP contribution in [0.15, 0.2) is 23.1 Å². The van der Waals surface area contributed by atoms with E-state index in [2.05, 4.69) is 4.74 Å². The van der Waals surface area contributed by atoms with Gasteiger partial charge in [-0.2, -0.15) is 0 Å². The van der Waals surface area contributed by atoms with Crippen molar-refractivity contribution in [3.05, 3.63) is 29.6 Å². The Morgan fingerprint density at radius 1 is 1.62 bits per heavy atom. The van der Waals surface area contributed by atoms with Gasteiger partial charge in [0, 0.05) is 16.9 Å². The molecule has 1 rings (SSSR count). The third-order valence-corrected chi connectivity index (χ3v) is 1.92. The van der Waals surface area contributed by atoms with Crippen LogP contribution in [-0.4, -0.2) is 17.6 Å². The van der Waals surface area contributed by atoms with E-state index >= 15 is 0 Å². The predicted octanol–water partition coefficient (Wildman–Crippen LogP) is 2.18. The van der Waals surface area contributed by atoms with Gasteiger partial charge in [-0.05, 0) is 18.2 Å². The van der Waals surface area contributed by atoms with Gasteiger partial charge in [0.05, 0.1) is 12.7 Å². The maximum absolute atomic E-state index is 13.0. The highest BCUT2D eigenvalue weighted by Crippen LogP contribution is 2.18. The maximum atomic E-state index is 13.0. The third-order valence-electron chi connectivity index (χ3n) is 1.45. The van der Waals surface area contributed by atoms with Crippen molar-refractivity contribution < 1.29 is 18.5 Å². The van der Waals surface area contributed by atoms with Crippen LogP contribution in [0.1, 0.15) is 10.4 Å². The van der Waals surface area contributed by atoms with Gasteiger partial charge in [0.1, 0.15) is 5.82 Å². The molecule has 0 aromatic heterocycles. The highest BCUT2D eigenvalue weighted by atomic mass is 32.2. The number of carbonyl (C=O) groups is 1. The fourth-order valence-electron chi connectivity index (χ4n) is 0.828. The normalized spacial score (nSPS) is 9.77. The van der Waals surface area contributed by atoms with Crippen molar-refractivity contribution in [3.63, 3.8) is 0 Å². The topological polar surface area (TPSA) is 46.5 Å². The molecule has 13 heavy (non-hydrogen) atoms. The van der Waals surface area contributed by atoms with Crippen molar-refractivity contribution in [3.8, 4) is 0 Å². The summed E-state index contributed by atoms with van der Waals surface area (Å²) in [5, 5.41) is 0. The molecule has 0 spiro atoms. The van der Waals surface area contributed by atoms with Crippen LogP contribution >= 0.6 is 12.0 Å². The second kappa shape index (κ2) is 4.25. The number of ether oxygens (including phenoxy) is 1. The van der Waals surface area contributed by atoms with Crippen LogP contribution in [0.3, 0.4) is 0 Å². The number of rotatable bonds is 2. The lowest BCUT2D eigenvalue weighted by atomic mass is 10.2. The molecule has 1 aromatic rings. The fourth-order valence-corrected chi connectivity index (χ4v) is 1.11. The molecule has 0 unspecified atom stereocenters. The molecule has 70 valence electrons. The Bertz CT molecular complexity index is 327. The number of halogens is 1. The first kappa shape index (κ1) is 10.0. The number of benzene rings is 1. The molecule has 0 fully saturated rings. The number of esters is 1. The van der Waals surface area contributed by atoms with E-state index in [1.165, 1.54) is 19.2 Å². The molecular weight excluding hydrogens is 195 g/mol. The van der Waals surface area contributed by atoms with Gasteiger partial charge in [-0.25, -0.2) is 9.18 Å². The van der Waals surface area contributed by atoms with Crippen molar-refractivity contribution in [2.24, 2.45) is 0 Å². The molecule has 0 bridgehead atoms. The molecule has 1 aromatic carbocycles. The van der Waals surface area contributed by atoms with Crippen molar-refractivity contribution >= 4 is 18.0 Å². The zero-order valence-electron chi connectivity index (χ0n) is 6.78. The lowest BCUT2D eigenvalue weighted by Crippen LogP contribution is -2.03. The minimum absolute atomic E-state index is 0.139. The molecule has 1 N–H and O–H groups in total. The van der Waals surface area contributed by atoms with Crippen molar-refractivity contribution in [2.45, 2.75) is 4.90 Å². The van der Waals surface area contributed by atoms with Gasteiger partial charge >= 0.3 is 5.97 Å². The maximum Gasteiger partial charge on any atom is 0.340 e. The quantitative estimate of drug-likeness (QED) is 0.589. The van der Waals surface area contributed by atoms with Crippen LogP contribution in [0.4, 0.5) is 4.39 Å². The lowest BCUT2D eigenvalue weighted by molar-refractivity contribution is 0.0595. The summed E-state index contributed by atoms with van der Waals surface area (Å²) in [4.78, 5) is 11.2. The average Bonchev–Trinajstić information content (AvgIpc) is 2.16. The molecule has 0 aliphatic carbocycles. The van der Waals surface area contributed by atoms with E-state index in [1.807, 2.05) is 0 Å². The third kappa shape index (κ3) is 2.19. The SMILES string of the molecule is COC(=O)c1ccc(SO)cc1F. The van der Waals surface area contributed by atoms with Crippen molar-refractivity contribution in [1.29, 1.82) is 0 Å². The molecule has 0 saturated heterocycles. The van der Waals surface area contributed by atoms with E-state index in [0.29, 0.717) is 16.9 Å². The number of carbonyl (C=O) groups excluding carboxylic acids is 1. The Balaban J connectivity index is 3.05. The zero-order chi connectivity index (χ0) is 9.84. The van der Waals surface area contributed by atoms with Crippen LogP contribution < -0.4 is 0 Å². The first-order valence-corrected chi connectivity index (χ1v) is 4.15. The highest BCUT2D eigenvalue weighted by Gasteiger charge is 2.11. The minimum Gasteiger partial charge on any atom is -0.465 e. The van der Waals surface area contributed by atoms with Crippen LogP contribution in [0.25, 0.3) is 0 Å². The molecule has 0 aliphatic heterocycles. The van der Waals surface area contributed by atoms with Gasteiger partial charge in [0.25, 0.3) is 0 Å². The Labute approximate surface area is 78.7 Å². The number of hydrogen-bond donors (Lipinski definition) is 1. The molecular formula is C8H7FO3S. The van der Waals surface area contributed by atoms with E-state index in [0.717, 1.165) is 6.07 Å².